The van der Waals surface area contributed by atoms with Gasteiger partial charge in [-0.3, -0.25) is 4.79 Å². The first kappa shape index (κ1) is 13.8. The van der Waals surface area contributed by atoms with Crippen LogP contribution in [0.15, 0.2) is 29.4 Å². The third-order valence-corrected chi connectivity index (χ3v) is 3.64. The van der Waals surface area contributed by atoms with E-state index in [2.05, 4.69) is 43.2 Å². The molecule has 0 aliphatic carbocycles. The van der Waals surface area contributed by atoms with Gasteiger partial charge in [-0.25, -0.2) is 5.01 Å². The van der Waals surface area contributed by atoms with Gasteiger partial charge in [0.25, 0.3) is 0 Å². The number of hydrazone groups is 1. The Bertz CT molecular complexity index is 476. The summed E-state index contributed by atoms with van der Waals surface area (Å²) in [5.41, 5.74) is 3.68. The van der Waals surface area contributed by atoms with Crippen molar-refractivity contribution in [1.29, 1.82) is 0 Å². The average molecular weight is 258 g/mol. The van der Waals surface area contributed by atoms with Crippen LogP contribution < -0.4 is 0 Å². The molecular formula is C16H22N2O. The number of unbranched alkanes of at least 4 members (excludes halogenated alkanes) is 1. The van der Waals surface area contributed by atoms with Crippen LogP contribution in [0, 0.1) is 6.92 Å². The molecule has 1 amide bonds. The lowest BCUT2D eigenvalue weighted by Gasteiger charge is -2.14. The van der Waals surface area contributed by atoms with E-state index in [-0.39, 0.29) is 11.8 Å². The number of rotatable bonds is 4. The number of aryl methyl sites for hydroxylation is 1. The highest BCUT2D eigenvalue weighted by Gasteiger charge is 2.29. The maximum Gasteiger partial charge on any atom is 0.239 e. The molecule has 1 atom stereocenters. The summed E-state index contributed by atoms with van der Waals surface area (Å²) in [6, 6.07) is 8.57. The van der Waals surface area contributed by atoms with Gasteiger partial charge in [-0.15, -0.1) is 0 Å². The number of amides is 1. The zero-order valence-electron chi connectivity index (χ0n) is 12.0. The molecule has 0 bridgehead atoms. The third kappa shape index (κ3) is 3.22. The van der Waals surface area contributed by atoms with Crippen LogP contribution in [0.2, 0.25) is 0 Å². The molecule has 0 N–H and O–H groups in total. The number of carbonyl (C=O) groups is 1. The van der Waals surface area contributed by atoms with Gasteiger partial charge in [-0.2, -0.15) is 5.10 Å². The molecule has 1 unspecified atom stereocenters. The fourth-order valence-corrected chi connectivity index (χ4v) is 2.42. The summed E-state index contributed by atoms with van der Waals surface area (Å²) < 4.78 is 0. The Kier molecular flexibility index (Phi) is 4.35. The molecule has 1 heterocycles. The smallest absolute Gasteiger partial charge is 0.239 e. The molecule has 19 heavy (non-hydrogen) atoms. The molecule has 0 radical (unpaired) electrons. The number of carbonyl (C=O) groups excluding carboxylic acids is 1. The van der Waals surface area contributed by atoms with Crippen LogP contribution in [0.4, 0.5) is 0 Å². The van der Waals surface area contributed by atoms with Crippen LogP contribution in [0.25, 0.3) is 0 Å². The lowest BCUT2D eigenvalue weighted by atomic mass is 9.91. The number of hydrogen-bond acceptors (Lipinski definition) is 2. The van der Waals surface area contributed by atoms with Crippen molar-refractivity contribution in [2.24, 2.45) is 5.10 Å². The zero-order valence-corrected chi connectivity index (χ0v) is 12.0. The Morgan fingerprint density at radius 2 is 2.05 bits per heavy atom. The quantitative estimate of drug-likeness (QED) is 0.813. The predicted octanol–water partition coefficient (Wildman–Crippen LogP) is 3.49. The van der Waals surface area contributed by atoms with Gasteiger partial charge in [0, 0.05) is 18.6 Å². The van der Waals surface area contributed by atoms with Gasteiger partial charge in [0.1, 0.15) is 0 Å². The molecular weight excluding hydrogens is 236 g/mol. The minimum Gasteiger partial charge on any atom is -0.273 e. The van der Waals surface area contributed by atoms with Crippen molar-refractivity contribution in [3.05, 3.63) is 35.4 Å². The number of benzene rings is 1. The first-order chi connectivity index (χ1) is 9.11. The fraction of sp³-hybridized carbons (Fsp3) is 0.500. The van der Waals surface area contributed by atoms with E-state index < -0.39 is 0 Å². The van der Waals surface area contributed by atoms with Crippen molar-refractivity contribution in [2.45, 2.75) is 46.0 Å². The van der Waals surface area contributed by atoms with Gasteiger partial charge in [0.15, 0.2) is 0 Å². The molecule has 1 aromatic carbocycles. The van der Waals surface area contributed by atoms with E-state index in [4.69, 9.17) is 0 Å². The monoisotopic (exact) mass is 258 g/mol. The first-order valence-electron chi connectivity index (χ1n) is 7.04. The van der Waals surface area contributed by atoms with E-state index in [1.807, 2.05) is 0 Å². The molecule has 0 aromatic heterocycles. The SMILES string of the molecule is CCCCC1=NN(C(C)=O)CC1c1ccc(C)cc1. The van der Waals surface area contributed by atoms with E-state index in [1.165, 1.54) is 11.1 Å². The van der Waals surface area contributed by atoms with Gasteiger partial charge >= 0.3 is 0 Å². The second kappa shape index (κ2) is 6.00. The minimum atomic E-state index is 0.0311. The maximum atomic E-state index is 11.5. The average Bonchev–Trinajstić information content (AvgIpc) is 2.81. The maximum absolute atomic E-state index is 11.5. The molecule has 3 heteroatoms. The highest BCUT2D eigenvalue weighted by atomic mass is 16.2. The van der Waals surface area contributed by atoms with E-state index in [1.54, 1.807) is 11.9 Å². The van der Waals surface area contributed by atoms with E-state index in [0.717, 1.165) is 25.0 Å². The minimum absolute atomic E-state index is 0.0311. The van der Waals surface area contributed by atoms with Crippen LogP contribution in [0.5, 0.6) is 0 Å². The topological polar surface area (TPSA) is 32.7 Å². The van der Waals surface area contributed by atoms with Crippen molar-refractivity contribution >= 4 is 11.6 Å². The summed E-state index contributed by atoms with van der Waals surface area (Å²) in [6.07, 6.45) is 3.27. The Hall–Kier alpha value is -1.64. The fourth-order valence-electron chi connectivity index (χ4n) is 2.42. The van der Waals surface area contributed by atoms with E-state index in [9.17, 15) is 4.79 Å². The summed E-state index contributed by atoms with van der Waals surface area (Å²) in [5.74, 6) is 0.305. The van der Waals surface area contributed by atoms with Crippen molar-refractivity contribution in [3.63, 3.8) is 0 Å². The van der Waals surface area contributed by atoms with E-state index >= 15 is 0 Å². The van der Waals surface area contributed by atoms with Crippen LogP contribution in [0.3, 0.4) is 0 Å². The third-order valence-electron chi connectivity index (χ3n) is 3.64. The van der Waals surface area contributed by atoms with Gasteiger partial charge in [0.2, 0.25) is 5.91 Å². The lowest BCUT2D eigenvalue weighted by Crippen LogP contribution is -2.22. The Labute approximate surface area is 115 Å². The molecule has 1 aliphatic rings. The molecule has 0 fully saturated rings. The normalized spacial score (nSPS) is 18.6. The van der Waals surface area contributed by atoms with Gasteiger partial charge in [-0.05, 0) is 25.3 Å². The Balaban J connectivity index is 2.20. The highest BCUT2D eigenvalue weighted by Crippen LogP contribution is 2.27. The van der Waals surface area contributed by atoms with Crippen LogP contribution in [-0.2, 0) is 4.79 Å². The lowest BCUT2D eigenvalue weighted by molar-refractivity contribution is -0.128. The summed E-state index contributed by atoms with van der Waals surface area (Å²) in [6.45, 7) is 6.54. The van der Waals surface area contributed by atoms with Gasteiger partial charge in [-0.1, -0.05) is 43.2 Å². The number of nitrogens with zero attached hydrogens (tertiary/aromatic N) is 2. The zero-order chi connectivity index (χ0) is 13.8. The summed E-state index contributed by atoms with van der Waals surface area (Å²) >= 11 is 0. The molecule has 1 aliphatic heterocycles. The largest absolute Gasteiger partial charge is 0.273 e. The molecule has 0 saturated heterocycles. The van der Waals surface area contributed by atoms with Crippen LogP contribution >= 0.6 is 0 Å². The highest BCUT2D eigenvalue weighted by molar-refractivity contribution is 5.94. The molecule has 1 aromatic rings. The van der Waals surface area contributed by atoms with Gasteiger partial charge in [0.05, 0.1) is 6.54 Å². The Morgan fingerprint density at radius 3 is 2.63 bits per heavy atom. The Morgan fingerprint density at radius 1 is 1.37 bits per heavy atom. The second-order valence-electron chi connectivity index (χ2n) is 5.26. The molecule has 2 rings (SSSR count). The summed E-state index contributed by atoms with van der Waals surface area (Å²) in [5, 5.41) is 6.11. The van der Waals surface area contributed by atoms with Crippen molar-refractivity contribution in [1.82, 2.24) is 5.01 Å². The predicted molar refractivity (Wildman–Crippen MR) is 78.3 cm³/mol. The standard InChI is InChI=1S/C16H22N2O/c1-4-5-6-16-15(11-18(17-16)13(3)19)14-9-7-12(2)8-10-14/h7-10,15H,4-6,11H2,1-3H3. The molecule has 0 spiro atoms. The van der Waals surface area contributed by atoms with Crippen molar-refractivity contribution in [2.75, 3.05) is 6.54 Å². The van der Waals surface area contributed by atoms with Crippen molar-refractivity contribution in [3.8, 4) is 0 Å². The van der Waals surface area contributed by atoms with E-state index in [0.29, 0.717) is 6.54 Å². The second-order valence-corrected chi connectivity index (χ2v) is 5.26. The molecule has 0 saturated carbocycles. The number of hydrogen-bond donors (Lipinski definition) is 0. The molecule has 3 nitrogen and oxygen atoms in total. The van der Waals surface area contributed by atoms with Gasteiger partial charge < -0.3 is 0 Å². The van der Waals surface area contributed by atoms with Crippen LogP contribution in [0.1, 0.15) is 50.2 Å². The summed E-state index contributed by atoms with van der Waals surface area (Å²) in [4.78, 5) is 11.5. The molecule has 102 valence electrons. The van der Waals surface area contributed by atoms with Crippen LogP contribution in [-0.4, -0.2) is 23.2 Å². The first-order valence-corrected chi connectivity index (χ1v) is 7.04. The summed E-state index contributed by atoms with van der Waals surface area (Å²) in [7, 11) is 0. The van der Waals surface area contributed by atoms with Crippen molar-refractivity contribution < 1.29 is 4.79 Å².